The van der Waals surface area contributed by atoms with Gasteiger partial charge in [0.25, 0.3) is 5.91 Å². The number of ether oxygens (including phenoxy) is 2. The predicted octanol–water partition coefficient (Wildman–Crippen LogP) is 4.07. The van der Waals surface area contributed by atoms with Crippen molar-refractivity contribution >= 4 is 17.2 Å². The monoisotopic (exact) mass is 417 g/mol. The van der Waals surface area contributed by atoms with Crippen LogP contribution in [0.15, 0.2) is 48.5 Å². The lowest BCUT2D eigenvalue weighted by atomic mass is 10.1. The number of amides is 1. The highest BCUT2D eigenvalue weighted by Gasteiger charge is 2.22. The van der Waals surface area contributed by atoms with E-state index in [4.69, 9.17) is 9.47 Å². The van der Waals surface area contributed by atoms with Crippen LogP contribution in [-0.4, -0.2) is 39.4 Å². The lowest BCUT2D eigenvalue weighted by Gasteiger charge is -2.12. The molecule has 0 aliphatic heterocycles. The van der Waals surface area contributed by atoms with Crippen LogP contribution in [0.2, 0.25) is 0 Å². The van der Waals surface area contributed by atoms with Gasteiger partial charge < -0.3 is 14.8 Å². The summed E-state index contributed by atoms with van der Waals surface area (Å²) in [4.78, 5) is 13.0. The van der Waals surface area contributed by atoms with Crippen LogP contribution in [0.25, 0.3) is 16.8 Å². The van der Waals surface area contributed by atoms with Crippen LogP contribution < -0.4 is 14.8 Å². The zero-order valence-electron chi connectivity index (χ0n) is 17.8. The molecule has 0 saturated heterocycles. The highest BCUT2D eigenvalue weighted by atomic mass is 16.5. The number of fused-ring (bicyclic) bond motifs is 1. The average molecular weight is 417 g/mol. The van der Waals surface area contributed by atoms with Crippen molar-refractivity contribution < 1.29 is 14.3 Å². The van der Waals surface area contributed by atoms with Crippen molar-refractivity contribution in [1.29, 1.82) is 0 Å². The number of carbonyl (C=O) groups excluding carboxylic acids is 1. The standard InChI is InChI=1S/C23H23N5O3/c1-5-31-19-13-9-7-11-17(19)24-23(29)21-15(3)28-22(26-25-21)20(14(2)27-28)16-10-6-8-12-18(16)30-4/h6-13H,5H2,1-4H3,(H,24,29). The molecule has 8 heteroatoms. The van der Waals surface area contributed by atoms with Gasteiger partial charge in [-0.2, -0.15) is 5.10 Å². The van der Waals surface area contributed by atoms with Crippen LogP contribution in [0.3, 0.4) is 0 Å². The van der Waals surface area contributed by atoms with E-state index in [1.807, 2.05) is 50.2 Å². The van der Waals surface area contributed by atoms with E-state index < -0.39 is 0 Å². The second kappa shape index (κ2) is 8.43. The molecule has 0 atom stereocenters. The third-order valence-corrected chi connectivity index (χ3v) is 4.97. The van der Waals surface area contributed by atoms with E-state index in [0.717, 1.165) is 16.8 Å². The number of hydrogen-bond donors (Lipinski definition) is 1. The Labute approximate surface area is 179 Å². The summed E-state index contributed by atoms with van der Waals surface area (Å²) in [5.74, 6) is 0.929. The maximum Gasteiger partial charge on any atom is 0.278 e. The highest BCUT2D eigenvalue weighted by Crippen LogP contribution is 2.34. The van der Waals surface area contributed by atoms with Crippen molar-refractivity contribution in [3.8, 4) is 22.6 Å². The molecule has 1 amide bonds. The molecule has 0 unspecified atom stereocenters. The quantitative estimate of drug-likeness (QED) is 0.509. The van der Waals surface area contributed by atoms with E-state index in [9.17, 15) is 4.79 Å². The molecule has 0 fully saturated rings. The number of carbonyl (C=O) groups is 1. The van der Waals surface area contributed by atoms with Crippen molar-refractivity contribution in [2.24, 2.45) is 0 Å². The molecule has 8 nitrogen and oxygen atoms in total. The minimum absolute atomic E-state index is 0.188. The Morgan fingerprint density at radius 2 is 1.74 bits per heavy atom. The highest BCUT2D eigenvalue weighted by molar-refractivity contribution is 6.04. The number of benzene rings is 2. The molecule has 0 spiro atoms. The first kappa shape index (κ1) is 20.3. The summed E-state index contributed by atoms with van der Waals surface area (Å²) in [6.45, 7) is 6.08. The second-order valence-corrected chi connectivity index (χ2v) is 6.91. The van der Waals surface area contributed by atoms with Gasteiger partial charge in [0, 0.05) is 5.56 Å². The van der Waals surface area contributed by atoms with Crippen LogP contribution >= 0.6 is 0 Å². The van der Waals surface area contributed by atoms with Crippen LogP contribution in [0.5, 0.6) is 11.5 Å². The summed E-state index contributed by atoms with van der Waals surface area (Å²) in [6, 6.07) is 14.9. The Balaban J connectivity index is 1.75. The van der Waals surface area contributed by atoms with Crippen molar-refractivity contribution in [2.75, 3.05) is 19.0 Å². The average Bonchev–Trinajstić information content (AvgIpc) is 3.12. The molecule has 1 N–H and O–H groups in total. The third-order valence-electron chi connectivity index (χ3n) is 4.97. The van der Waals surface area contributed by atoms with Crippen LogP contribution in [0.1, 0.15) is 28.8 Å². The number of methoxy groups -OCH3 is 1. The number of hydrogen-bond acceptors (Lipinski definition) is 6. The van der Waals surface area contributed by atoms with Crippen LogP contribution in [0.4, 0.5) is 5.69 Å². The number of aryl methyl sites for hydroxylation is 2. The number of nitrogens with one attached hydrogen (secondary N) is 1. The Hall–Kier alpha value is -3.94. The van der Waals surface area contributed by atoms with E-state index in [1.54, 1.807) is 30.7 Å². The first-order chi connectivity index (χ1) is 15.0. The van der Waals surface area contributed by atoms with E-state index in [1.165, 1.54) is 0 Å². The lowest BCUT2D eigenvalue weighted by Crippen LogP contribution is -2.19. The molecule has 158 valence electrons. The molecule has 2 heterocycles. The first-order valence-corrected chi connectivity index (χ1v) is 9.94. The van der Waals surface area contributed by atoms with Crippen molar-refractivity contribution in [2.45, 2.75) is 20.8 Å². The summed E-state index contributed by atoms with van der Waals surface area (Å²) < 4.78 is 12.7. The van der Waals surface area contributed by atoms with Crippen molar-refractivity contribution in [3.05, 3.63) is 65.6 Å². The molecule has 0 bridgehead atoms. The van der Waals surface area contributed by atoms with E-state index >= 15 is 0 Å². The van der Waals surface area contributed by atoms with Gasteiger partial charge in [-0.3, -0.25) is 4.79 Å². The number of nitrogens with zero attached hydrogens (tertiary/aromatic N) is 4. The Kier molecular flexibility index (Phi) is 5.53. The molecule has 2 aromatic heterocycles. The van der Waals surface area contributed by atoms with Gasteiger partial charge in [0.2, 0.25) is 0 Å². The van der Waals surface area contributed by atoms with Gasteiger partial charge in [0.05, 0.1) is 36.4 Å². The van der Waals surface area contributed by atoms with E-state index in [0.29, 0.717) is 35.1 Å². The van der Waals surface area contributed by atoms with Gasteiger partial charge in [0.15, 0.2) is 11.3 Å². The fourth-order valence-electron chi connectivity index (χ4n) is 3.52. The van der Waals surface area contributed by atoms with Crippen molar-refractivity contribution in [3.63, 3.8) is 0 Å². The molecule has 0 radical (unpaired) electrons. The first-order valence-electron chi connectivity index (χ1n) is 9.94. The molecule has 0 aliphatic rings. The SMILES string of the molecule is CCOc1ccccc1NC(=O)c1nnc2c(-c3ccccc3OC)c(C)nn2c1C. The van der Waals surface area contributed by atoms with Gasteiger partial charge in [-0.15, -0.1) is 10.2 Å². The molecular weight excluding hydrogens is 394 g/mol. The smallest absolute Gasteiger partial charge is 0.278 e. The summed E-state index contributed by atoms with van der Waals surface area (Å²) in [5, 5.41) is 16.0. The molecule has 31 heavy (non-hydrogen) atoms. The Morgan fingerprint density at radius 3 is 2.48 bits per heavy atom. The Bertz CT molecular complexity index is 1270. The maximum atomic E-state index is 13.0. The fourth-order valence-corrected chi connectivity index (χ4v) is 3.52. The molecule has 0 saturated carbocycles. The van der Waals surface area contributed by atoms with Gasteiger partial charge in [-0.05, 0) is 39.0 Å². The lowest BCUT2D eigenvalue weighted by molar-refractivity contribution is 0.101. The molecule has 0 aliphatic carbocycles. The topological polar surface area (TPSA) is 90.6 Å². The largest absolute Gasteiger partial charge is 0.496 e. The van der Waals surface area contributed by atoms with Gasteiger partial charge in [-0.25, -0.2) is 4.52 Å². The minimum atomic E-state index is -0.383. The van der Waals surface area contributed by atoms with Crippen molar-refractivity contribution in [1.82, 2.24) is 19.8 Å². The van der Waals surface area contributed by atoms with Gasteiger partial charge >= 0.3 is 0 Å². The zero-order chi connectivity index (χ0) is 22.0. The predicted molar refractivity (Wildman–Crippen MR) is 118 cm³/mol. The van der Waals surface area contributed by atoms with E-state index in [-0.39, 0.29) is 11.6 Å². The number of aromatic nitrogens is 4. The number of rotatable bonds is 6. The molecule has 4 aromatic rings. The molecule has 2 aromatic carbocycles. The second-order valence-electron chi connectivity index (χ2n) is 6.91. The maximum absolute atomic E-state index is 13.0. The van der Waals surface area contributed by atoms with Crippen LogP contribution in [-0.2, 0) is 0 Å². The molecule has 4 rings (SSSR count). The van der Waals surface area contributed by atoms with Gasteiger partial charge in [-0.1, -0.05) is 30.3 Å². The van der Waals surface area contributed by atoms with Gasteiger partial charge in [0.1, 0.15) is 11.5 Å². The summed E-state index contributed by atoms with van der Waals surface area (Å²) in [7, 11) is 1.62. The Morgan fingerprint density at radius 1 is 1.03 bits per heavy atom. The van der Waals surface area contributed by atoms with Crippen LogP contribution in [0, 0.1) is 13.8 Å². The molecular formula is C23H23N5O3. The minimum Gasteiger partial charge on any atom is -0.496 e. The number of anilines is 1. The summed E-state index contributed by atoms with van der Waals surface area (Å²) in [5.41, 5.74) is 4.36. The fraction of sp³-hybridized carbons (Fsp3) is 0.217. The summed E-state index contributed by atoms with van der Waals surface area (Å²) in [6.07, 6.45) is 0. The summed E-state index contributed by atoms with van der Waals surface area (Å²) >= 11 is 0. The van der Waals surface area contributed by atoms with E-state index in [2.05, 4.69) is 20.6 Å². The number of para-hydroxylation sites is 3. The normalized spacial score (nSPS) is 10.8. The third kappa shape index (κ3) is 3.68. The zero-order valence-corrected chi connectivity index (χ0v) is 17.8.